The number of fused-ring (bicyclic) bond motifs is 2. The van der Waals surface area contributed by atoms with E-state index in [1.54, 1.807) is 18.4 Å². The Labute approximate surface area is 158 Å². The summed E-state index contributed by atoms with van der Waals surface area (Å²) in [5.74, 6) is 0.799. The third-order valence-electron chi connectivity index (χ3n) is 5.48. The van der Waals surface area contributed by atoms with Crippen LogP contribution in [0.2, 0.25) is 0 Å². The summed E-state index contributed by atoms with van der Waals surface area (Å²) in [4.78, 5) is 2.61. The maximum Gasteiger partial charge on any atom is 0.170 e. The summed E-state index contributed by atoms with van der Waals surface area (Å²) in [5.41, 5.74) is 0.805. The fourth-order valence-corrected chi connectivity index (χ4v) is 4.61. The smallest absolute Gasteiger partial charge is 0.170 e. The van der Waals surface area contributed by atoms with E-state index in [1.165, 1.54) is 31.4 Å². The molecule has 138 valence electrons. The summed E-state index contributed by atoms with van der Waals surface area (Å²) >= 11 is 5.46. The molecule has 26 heavy (non-hydrogen) atoms. The van der Waals surface area contributed by atoms with Crippen LogP contribution in [0.4, 0.5) is 10.1 Å². The number of piperidine rings is 2. The molecule has 6 heteroatoms. The van der Waals surface area contributed by atoms with Gasteiger partial charge in [0.15, 0.2) is 5.11 Å². The van der Waals surface area contributed by atoms with Crippen LogP contribution >= 0.6 is 12.2 Å². The third-order valence-corrected chi connectivity index (χ3v) is 5.70. The summed E-state index contributed by atoms with van der Waals surface area (Å²) in [6.07, 6.45) is 7.68. The average Bonchev–Trinajstić information content (AvgIpc) is 3.11. The zero-order valence-corrected chi connectivity index (χ0v) is 15.5. The fraction of sp³-hybridized carbons (Fsp3) is 0.450. The molecule has 4 nitrogen and oxygen atoms in total. The van der Waals surface area contributed by atoms with E-state index in [0.29, 0.717) is 23.2 Å². The van der Waals surface area contributed by atoms with Crippen molar-refractivity contribution in [2.24, 2.45) is 0 Å². The lowest BCUT2D eigenvalue weighted by atomic mass is 9.81. The van der Waals surface area contributed by atoms with Crippen molar-refractivity contribution in [3.05, 3.63) is 54.2 Å². The number of rotatable bonds is 4. The highest BCUT2D eigenvalue weighted by Gasteiger charge is 2.38. The van der Waals surface area contributed by atoms with Gasteiger partial charge in [0.25, 0.3) is 0 Å². The molecule has 2 saturated heterocycles. The van der Waals surface area contributed by atoms with Crippen molar-refractivity contribution in [1.82, 2.24) is 10.2 Å². The number of thiocarbonyl (C=S) groups is 1. The number of nitrogens with one attached hydrogen (secondary N) is 2. The van der Waals surface area contributed by atoms with E-state index >= 15 is 0 Å². The second-order valence-corrected chi connectivity index (χ2v) is 7.67. The highest BCUT2D eigenvalue weighted by Crippen LogP contribution is 2.35. The molecule has 0 amide bonds. The minimum absolute atomic E-state index is 0.244. The second kappa shape index (κ2) is 7.76. The zero-order chi connectivity index (χ0) is 17.9. The van der Waals surface area contributed by atoms with Gasteiger partial charge in [0.05, 0.1) is 12.8 Å². The largest absolute Gasteiger partial charge is 0.468 e. The van der Waals surface area contributed by atoms with Crippen LogP contribution in [0, 0.1) is 5.82 Å². The van der Waals surface area contributed by atoms with Crippen molar-refractivity contribution in [3.63, 3.8) is 0 Å². The third kappa shape index (κ3) is 4.07. The molecule has 2 aromatic rings. The van der Waals surface area contributed by atoms with E-state index in [9.17, 15) is 4.39 Å². The molecule has 0 saturated carbocycles. The maximum atomic E-state index is 13.0. The Hall–Kier alpha value is -1.92. The van der Waals surface area contributed by atoms with Crippen molar-refractivity contribution in [2.75, 3.05) is 5.32 Å². The van der Waals surface area contributed by atoms with Gasteiger partial charge in [0.1, 0.15) is 11.6 Å². The summed E-state index contributed by atoms with van der Waals surface area (Å²) in [7, 11) is 0. The van der Waals surface area contributed by atoms with E-state index in [1.807, 2.05) is 6.07 Å². The van der Waals surface area contributed by atoms with Crippen molar-refractivity contribution in [1.29, 1.82) is 0 Å². The van der Waals surface area contributed by atoms with Gasteiger partial charge in [-0.25, -0.2) is 4.39 Å². The van der Waals surface area contributed by atoms with Crippen molar-refractivity contribution in [3.8, 4) is 0 Å². The number of anilines is 1. The molecule has 0 spiro atoms. The van der Waals surface area contributed by atoms with Crippen LogP contribution < -0.4 is 10.6 Å². The minimum atomic E-state index is -0.244. The molecule has 3 heterocycles. The highest BCUT2D eigenvalue weighted by molar-refractivity contribution is 7.80. The summed E-state index contributed by atoms with van der Waals surface area (Å²) in [6.45, 7) is 0.896. The predicted octanol–water partition coefficient (Wildman–Crippen LogP) is 4.29. The SMILES string of the molecule is Fc1ccc(NC(=S)NC2C[C@@H]3CCC[C@@H](C2)N3Cc2ccco2)cc1. The number of hydrogen-bond acceptors (Lipinski definition) is 3. The monoisotopic (exact) mass is 373 g/mol. The van der Waals surface area contributed by atoms with Crippen LogP contribution in [0.25, 0.3) is 0 Å². The van der Waals surface area contributed by atoms with Gasteiger partial charge < -0.3 is 15.1 Å². The quantitative estimate of drug-likeness (QED) is 0.783. The summed E-state index contributed by atoms with van der Waals surface area (Å²) < 4.78 is 18.6. The van der Waals surface area contributed by atoms with Crippen LogP contribution in [0.1, 0.15) is 37.9 Å². The van der Waals surface area contributed by atoms with Crippen LogP contribution in [0.3, 0.4) is 0 Å². The number of hydrogen-bond donors (Lipinski definition) is 2. The van der Waals surface area contributed by atoms with Gasteiger partial charge in [-0.1, -0.05) is 6.42 Å². The number of nitrogens with zero attached hydrogens (tertiary/aromatic N) is 1. The number of furan rings is 1. The molecular weight excluding hydrogens is 349 g/mol. The molecule has 1 aromatic carbocycles. The lowest BCUT2D eigenvalue weighted by Gasteiger charge is -2.48. The second-order valence-electron chi connectivity index (χ2n) is 7.26. The van der Waals surface area contributed by atoms with E-state index in [0.717, 1.165) is 30.8 Å². The number of benzene rings is 1. The van der Waals surface area contributed by atoms with E-state index < -0.39 is 0 Å². The molecule has 2 aliphatic heterocycles. The molecule has 2 atom stereocenters. The van der Waals surface area contributed by atoms with Crippen molar-refractivity contribution >= 4 is 23.0 Å². The average molecular weight is 373 g/mol. The first-order valence-electron chi connectivity index (χ1n) is 9.28. The fourth-order valence-electron chi connectivity index (χ4n) is 4.32. The topological polar surface area (TPSA) is 40.4 Å². The van der Waals surface area contributed by atoms with Gasteiger partial charge in [-0.2, -0.15) is 0 Å². The Morgan fingerprint density at radius 2 is 1.88 bits per heavy atom. The van der Waals surface area contributed by atoms with Crippen LogP contribution in [-0.2, 0) is 6.54 Å². The lowest BCUT2D eigenvalue weighted by molar-refractivity contribution is 0.0161. The summed E-state index contributed by atoms with van der Waals surface area (Å²) in [6, 6.07) is 11.8. The Bertz CT molecular complexity index is 720. The van der Waals surface area contributed by atoms with E-state index in [-0.39, 0.29) is 5.82 Å². The molecule has 0 unspecified atom stereocenters. The van der Waals surface area contributed by atoms with Crippen molar-refractivity contribution in [2.45, 2.75) is 56.8 Å². The highest BCUT2D eigenvalue weighted by atomic mass is 32.1. The Kier molecular flexibility index (Phi) is 5.22. The molecule has 1 aromatic heterocycles. The van der Waals surface area contributed by atoms with Gasteiger partial charge in [-0.05, 0) is 74.3 Å². The Morgan fingerprint density at radius 1 is 1.15 bits per heavy atom. The minimum Gasteiger partial charge on any atom is -0.468 e. The first-order chi connectivity index (χ1) is 12.7. The predicted molar refractivity (Wildman–Crippen MR) is 104 cm³/mol. The summed E-state index contributed by atoms with van der Waals surface area (Å²) in [5, 5.41) is 7.23. The van der Waals surface area contributed by atoms with Crippen LogP contribution in [-0.4, -0.2) is 28.1 Å². The maximum absolute atomic E-state index is 13.0. The Morgan fingerprint density at radius 3 is 2.54 bits per heavy atom. The molecule has 2 fully saturated rings. The van der Waals surface area contributed by atoms with Gasteiger partial charge in [-0.3, -0.25) is 4.90 Å². The standard InChI is InChI=1S/C20H24FN3OS/c21-14-6-8-15(9-7-14)22-20(26)23-16-11-17-3-1-4-18(12-16)24(17)13-19-5-2-10-25-19/h2,5-10,16-18H,1,3-4,11-13H2,(H2,22,23,26)/t17-,18-/m0/s1. The van der Waals surface area contributed by atoms with Crippen LogP contribution in [0.5, 0.6) is 0 Å². The molecule has 2 aliphatic rings. The van der Waals surface area contributed by atoms with Crippen molar-refractivity contribution < 1.29 is 8.81 Å². The lowest BCUT2D eigenvalue weighted by Crippen LogP contribution is -2.56. The normalized spacial score (nSPS) is 25.7. The molecule has 4 rings (SSSR count). The molecular formula is C20H24FN3OS. The van der Waals surface area contributed by atoms with Gasteiger partial charge in [0.2, 0.25) is 0 Å². The van der Waals surface area contributed by atoms with Gasteiger partial charge in [-0.15, -0.1) is 0 Å². The van der Waals surface area contributed by atoms with E-state index in [4.69, 9.17) is 16.6 Å². The molecule has 2 bridgehead atoms. The number of halogens is 1. The van der Waals surface area contributed by atoms with Gasteiger partial charge in [0, 0.05) is 23.8 Å². The first-order valence-corrected chi connectivity index (χ1v) is 9.69. The molecule has 0 radical (unpaired) electrons. The molecule has 0 aliphatic carbocycles. The first kappa shape index (κ1) is 17.5. The Balaban J connectivity index is 1.34. The van der Waals surface area contributed by atoms with Gasteiger partial charge >= 0.3 is 0 Å². The van der Waals surface area contributed by atoms with Crippen LogP contribution in [0.15, 0.2) is 47.1 Å². The molecule has 2 N–H and O–H groups in total. The zero-order valence-electron chi connectivity index (χ0n) is 14.7. The van der Waals surface area contributed by atoms with E-state index in [2.05, 4.69) is 21.6 Å².